The van der Waals surface area contributed by atoms with Crippen molar-refractivity contribution in [3.8, 4) is 0 Å². The van der Waals surface area contributed by atoms with Crippen LogP contribution in [0.3, 0.4) is 0 Å². The molecule has 1 aliphatic carbocycles. The van der Waals surface area contributed by atoms with Gasteiger partial charge in [0, 0.05) is 23.8 Å². The molecule has 0 aromatic heterocycles. The van der Waals surface area contributed by atoms with E-state index in [0.717, 1.165) is 18.1 Å². The van der Waals surface area contributed by atoms with Gasteiger partial charge in [-0.1, -0.05) is 12.2 Å². The topological polar surface area (TPSA) is 118 Å². The molecule has 2 unspecified atom stereocenters. The molecule has 0 fully saturated rings. The summed E-state index contributed by atoms with van der Waals surface area (Å²) in [7, 11) is 0. The molecule has 1 rings (SSSR count). The van der Waals surface area contributed by atoms with Crippen LogP contribution in [0, 0.1) is 10.1 Å². The molecule has 0 aromatic rings. The number of aliphatic hydroxyl groups excluding tert-OH is 1. The number of hydrogen-bond donors (Lipinski definition) is 2. The molecule has 7 heteroatoms. The number of aliphatic carboxylic acids is 1. The molecule has 0 aliphatic heterocycles. The van der Waals surface area contributed by atoms with Crippen molar-refractivity contribution in [3.05, 3.63) is 46.1 Å². The zero-order valence-corrected chi connectivity index (χ0v) is 11.7. The smallest absolute Gasteiger partial charge is 0.328 e. The Kier molecular flexibility index (Phi) is 9.36. The highest BCUT2D eigenvalue weighted by Gasteiger charge is 2.23. The third-order valence-electron chi connectivity index (χ3n) is 2.58. The molecule has 2 atom stereocenters. The van der Waals surface area contributed by atoms with Gasteiger partial charge in [-0.25, -0.2) is 4.79 Å². The van der Waals surface area contributed by atoms with Gasteiger partial charge in [0.2, 0.25) is 6.04 Å². The van der Waals surface area contributed by atoms with Crippen LogP contribution in [-0.2, 0) is 9.59 Å². The predicted octanol–water partition coefficient (Wildman–Crippen LogP) is 1.51. The largest absolute Gasteiger partial charge is 0.478 e. The fraction of sp³-hybridized carbons (Fsp3) is 0.429. The van der Waals surface area contributed by atoms with Gasteiger partial charge >= 0.3 is 5.97 Å². The van der Waals surface area contributed by atoms with E-state index in [9.17, 15) is 19.7 Å². The highest BCUT2D eigenvalue weighted by atomic mass is 16.6. The summed E-state index contributed by atoms with van der Waals surface area (Å²) in [4.78, 5) is 29.9. The van der Waals surface area contributed by atoms with Crippen LogP contribution in [0.2, 0.25) is 0 Å². The minimum absolute atomic E-state index is 0.248. The molecule has 0 amide bonds. The van der Waals surface area contributed by atoms with Crippen molar-refractivity contribution in [1.82, 2.24) is 0 Å². The van der Waals surface area contributed by atoms with Gasteiger partial charge in [0.05, 0.1) is 6.10 Å². The minimum atomic E-state index is -1.04. The number of carboxylic acid groups (broad SMARTS) is 1. The Labute approximate surface area is 122 Å². The molecule has 0 spiro atoms. The van der Waals surface area contributed by atoms with Crippen molar-refractivity contribution in [2.45, 2.75) is 38.3 Å². The van der Waals surface area contributed by atoms with E-state index in [-0.39, 0.29) is 4.92 Å². The Bertz CT molecular complexity index is 450. The van der Waals surface area contributed by atoms with Crippen molar-refractivity contribution in [1.29, 1.82) is 0 Å². The summed E-state index contributed by atoms with van der Waals surface area (Å²) in [6.45, 7) is 1.49. The number of hydrogen-bond acceptors (Lipinski definition) is 5. The van der Waals surface area contributed by atoms with Crippen molar-refractivity contribution in [2.75, 3.05) is 0 Å². The Morgan fingerprint density at radius 1 is 1.57 bits per heavy atom. The highest BCUT2D eigenvalue weighted by molar-refractivity contribution is 5.79. The second-order valence-corrected chi connectivity index (χ2v) is 4.43. The van der Waals surface area contributed by atoms with E-state index < -0.39 is 18.1 Å². The molecule has 0 saturated heterocycles. The fourth-order valence-electron chi connectivity index (χ4n) is 1.62. The first-order valence-electron chi connectivity index (χ1n) is 6.40. The molecular weight excluding hydrogens is 278 g/mol. The average molecular weight is 297 g/mol. The van der Waals surface area contributed by atoms with E-state index in [0.29, 0.717) is 19.1 Å². The van der Waals surface area contributed by atoms with E-state index >= 15 is 0 Å². The summed E-state index contributed by atoms with van der Waals surface area (Å²) in [5.74, 6) is -1.04. The summed E-state index contributed by atoms with van der Waals surface area (Å²) in [6.07, 6.45) is 8.83. The third kappa shape index (κ3) is 10.2. The number of nitrogens with zero attached hydrogens (tertiary/aromatic N) is 1. The van der Waals surface area contributed by atoms with Crippen LogP contribution in [-0.4, -0.2) is 39.5 Å². The molecule has 0 saturated carbocycles. The monoisotopic (exact) mass is 297 g/mol. The number of carbonyl (C=O) groups is 2. The predicted molar refractivity (Wildman–Crippen MR) is 76.4 cm³/mol. The number of rotatable bonds is 5. The number of allylic oxidation sites excluding steroid dienone is 3. The first-order chi connectivity index (χ1) is 9.86. The Morgan fingerprint density at radius 3 is 2.67 bits per heavy atom. The SMILES string of the molecule is CC(O)/C=C\C(=O)O.O=C/C=C/C1=CCCC([N+](=O)[O-])C1. The van der Waals surface area contributed by atoms with Gasteiger partial charge in [0.1, 0.15) is 6.29 Å². The van der Waals surface area contributed by atoms with Crippen molar-refractivity contribution in [2.24, 2.45) is 0 Å². The lowest BCUT2D eigenvalue weighted by molar-refractivity contribution is -0.523. The van der Waals surface area contributed by atoms with Gasteiger partial charge in [-0.15, -0.1) is 0 Å². The lowest BCUT2D eigenvalue weighted by atomic mass is 9.95. The maximum absolute atomic E-state index is 10.5. The van der Waals surface area contributed by atoms with Crippen LogP contribution in [0.15, 0.2) is 36.0 Å². The standard InChI is InChI=1S/C9H11NO3.C5H8O3/c11-6-2-4-8-3-1-5-9(7-8)10(12)13;1-4(6)2-3-5(7)8/h2-4,6,9H,1,5,7H2;2-4,6H,1H3,(H,7,8)/b4-2+;3-2-. The molecule has 116 valence electrons. The van der Waals surface area contributed by atoms with Crippen LogP contribution in [0.1, 0.15) is 26.2 Å². The summed E-state index contributed by atoms with van der Waals surface area (Å²) in [5.41, 5.74) is 0.889. The van der Waals surface area contributed by atoms with Gasteiger partial charge in [-0.2, -0.15) is 0 Å². The van der Waals surface area contributed by atoms with Crippen LogP contribution >= 0.6 is 0 Å². The summed E-state index contributed by atoms with van der Waals surface area (Å²) < 4.78 is 0. The Hall–Kier alpha value is -2.28. The molecule has 2 N–H and O–H groups in total. The Balaban J connectivity index is 0.000000433. The molecule has 0 heterocycles. The molecule has 0 bridgehead atoms. The number of aldehydes is 1. The zero-order valence-electron chi connectivity index (χ0n) is 11.7. The molecular formula is C14H19NO6. The van der Waals surface area contributed by atoms with Gasteiger partial charge in [-0.3, -0.25) is 14.9 Å². The van der Waals surface area contributed by atoms with E-state index in [1.165, 1.54) is 19.1 Å². The van der Waals surface area contributed by atoms with E-state index in [1.807, 2.05) is 6.08 Å². The number of carboxylic acids is 1. The van der Waals surface area contributed by atoms with Crippen LogP contribution in [0.4, 0.5) is 0 Å². The van der Waals surface area contributed by atoms with Crippen LogP contribution < -0.4 is 0 Å². The first-order valence-corrected chi connectivity index (χ1v) is 6.40. The maximum atomic E-state index is 10.5. The molecule has 21 heavy (non-hydrogen) atoms. The van der Waals surface area contributed by atoms with Gasteiger partial charge in [0.15, 0.2) is 0 Å². The number of nitro groups is 1. The molecule has 0 aromatic carbocycles. The third-order valence-corrected chi connectivity index (χ3v) is 2.58. The first kappa shape index (κ1) is 18.7. The van der Waals surface area contributed by atoms with E-state index in [1.54, 1.807) is 6.08 Å². The quantitative estimate of drug-likeness (QED) is 0.343. The highest BCUT2D eigenvalue weighted by Crippen LogP contribution is 2.20. The summed E-state index contributed by atoms with van der Waals surface area (Å²) >= 11 is 0. The molecule has 0 radical (unpaired) electrons. The van der Waals surface area contributed by atoms with Crippen LogP contribution in [0.5, 0.6) is 0 Å². The van der Waals surface area contributed by atoms with E-state index in [4.69, 9.17) is 10.2 Å². The van der Waals surface area contributed by atoms with Crippen LogP contribution in [0.25, 0.3) is 0 Å². The normalized spacial score (nSPS) is 19.5. The maximum Gasteiger partial charge on any atom is 0.328 e. The molecule has 7 nitrogen and oxygen atoms in total. The van der Waals surface area contributed by atoms with Crippen molar-refractivity contribution >= 4 is 12.3 Å². The summed E-state index contributed by atoms with van der Waals surface area (Å²) in [6, 6.07) is -0.476. The second-order valence-electron chi connectivity index (χ2n) is 4.43. The van der Waals surface area contributed by atoms with Gasteiger partial charge in [0.25, 0.3) is 0 Å². The minimum Gasteiger partial charge on any atom is -0.478 e. The fourth-order valence-corrected chi connectivity index (χ4v) is 1.62. The molecule has 1 aliphatic rings. The number of aliphatic hydroxyl groups is 1. The number of carbonyl (C=O) groups excluding carboxylic acids is 1. The van der Waals surface area contributed by atoms with E-state index in [2.05, 4.69) is 0 Å². The second kappa shape index (κ2) is 10.5. The van der Waals surface area contributed by atoms with Crippen molar-refractivity contribution < 1.29 is 24.7 Å². The average Bonchev–Trinajstić information content (AvgIpc) is 2.44. The Morgan fingerprint density at radius 2 is 2.24 bits per heavy atom. The van der Waals surface area contributed by atoms with Gasteiger partial charge in [-0.05, 0) is 31.1 Å². The van der Waals surface area contributed by atoms with Gasteiger partial charge < -0.3 is 10.2 Å². The lowest BCUT2D eigenvalue weighted by Crippen LogP contribution is -2.21. The zero-order chi connectivity index (χ0) is 16.3. The summed E-state index contributed by atoms with van der Waals surface area (Å²) in [5, 5.41) is 26.9. The lowest BCUT2D eigenvalue weighted by Gasteiger charge is -2.13. The van der Waals surface area contributed by atoms with Crippen molar-refractivity contribution in [3.63, 3.8) is 0 Å².